The van der Waals surface area contributed by atoms with Crippen LogP contribution in [-0.2, 0) is 9.59 Å². The number of carbonyl (C=O) groups is 2. The lowest BCUT2D eigenvalue weighted by Crippen LogP contribution is -2.59. The van der Waals surface area contributed by atoms with Gasteiger partial charge >= 0.3 is 0 Å². The first-order chi connectivity index (χ1) is 13.8. The van der Waals surface area contributed by atoms with E-state index >= 15 is 0 Å². The van der Waals surface area contributed by atoms with E-state index in [0.717, 1.165) is 32.1 Å². The first-order valence-corrected chi connectivity index (χ1v) is 12.1. The van der Waals surface area contributed by atoms with Crippen LogP contribution in [0.3, 0.4) is 0 Å². The first-order valence-electron chi connectivity index (χ1n) is 12.1. The Hall–Kier alpha value is -1.32. The third kappa shape index (κ3) is 2.69. The average Bonchev–Trinajstić information content (AvgIpc) is 3.20. The fourth-order valence-corrected chi connectivity index (χ4v) is 8.55. The van der Waals surface area contributed by atoms with Gasteiger partial charge in [0.1, 0.15) is 0 Å². The number of amides is 2. The number of nitrogens with zero attached hydrogens (tertiary/aromatic N) is 1. The van der Waals surface area contributed by atoms with Crippen LogP contribution in [0.2, 0.25) is 0 Å². The molecule has 0 bridgehead atoms. The van der Waals surface area contributed by atoms with E-state index in [4.69, 9.17) is 0 Å². The molecule has 3 aliphatic carbocycles. The van der Waals surface area contributed by atoms with Gasteiger partial charge in [-0.05, 0) is 94.5 Å². The van der Waals surface area contributed by atoms with Crippen molar-refractivity contribution < 1.29 is 9.59 Å². The highest BCUT2D eigenvalue weighted by Gasteiger charge is 2.61. The van der Waals surface area contributed by atoms with Gasteiger partial charge in [0, 0.05) is 29.5 Å². The van der Waals surface area contributed by atoms with Gasteiger partial charge in [-0.1, -0.05) is 19.9 Å². The number of carbonyl (C=O) groups excluding carboxylic acids is 2. The number of nitrogens with one attached hydrogen (secondary N) is 1. The summed E-state index contributed by atoms with van der Waals surface area (Å²) in [6, 6.07) is 1.10. The van der Waals surface area contributed by atoms with Crippen molar-refractivity contribution in [2.75, 3.05) is 0 Å². The van der Waals surface area contributed by atoms with E-state index in [1.165, 1.54) is 19.3 Å². The van der Waals surface area contributed by atoms with E-state index in [9.17, 15) is 9.59 Å². The Morgan fingerprint density at radius 3 is 2.45 bits per heavy atom. The zero-order valence-electron chi connectivity index (χ0n) is 18.6. The summed E-state index contributed by atoms with van der Waals surface area (Å²) in [6.45, 7) is 9.29. The molecule has 0 radical (unpaired) electrons. The number of rotatable bonds is 1. The third-order valence-corrected chi connectivity index (χ3v) is 10.2. The van der Waals surface area contributed by atoms with Crippen molar-refractivity contribution >= 4 is 11.8 Å². The van der Waals surface area contributed by atoms with Crippen LogP contribution in [-0.4, -0.2) is 34.8 Å². The van der Waals surface area contributed by atoms with Crippen molar-refractivity contribution in [2.24, 2.45) is 34.5 Å². The summed E-state index contributed by atoms with van der Waals surface area (Å²) in [5.41, 5.74) is 0.239. The van der Waals surface area contributed by atoms with Crippen LogP contribution in [0.4, 0.5) is 0 Å². The smallest absolute Gasteiger partial charge is 0.243 e. The highest BCUT2D eigenvalue weighted by atomic mass is 16.2. The third-order valence-electron chi connectivity index (χ3n) is 10.2. The molecule has 5 aliphatic rings. The van der Waals surface area contributed by atoms with E-state index in [-0.39, 0.29) is 28.7 Å². The molecule has 4 nitrogen and oxygen atoms in total. The van der Waals surface area contributed by atoms with Gasteiger partial charge in [-0.3, -0.25) is 9.59 Å². The zero-order valence-corrected chi connectivity index (χ0v) is 18.6. The highest BCUT2D eigenvalue weighted by molar-refractivity contribution is 5.89. The van der Waals surface area contributed by atoms with Gasteiger partial charge in [0.2, 0.25) is 11.8 Å². The molecule has 1 saturated heterocycles. The summed E-state index contributed by atoms with van der Waals surface area (Å²) < 4.78 is 0. The van der Waals surface area contributed by atoms with Gasteiger partial charge in [-0.2, -0.15) is 0 Å². The molecule has 0 spiro atoms. The van der Waals surface area contributed by atoms with Gasteiger partial charge in [0.25, 0.3) is 0 Å². The lowest BCUT2D eigenvalue weighted by atomic mass is 9.48. The second kappa shape index (κ2) is 6.59. The van der Waals surface area contributed by atoms with Crippen molar-refractivity contribution in [3.63, 3.8) is 0 Å². The fraction of sp³-hybridized carbons (Fsp3) is 0.840. The first kappa shape index (κ1) is 19.6. The van der Waals surface area contributed by atoms with Gasteiger partial charge < -0.3 is 10.2 Å². The van der Waals surface area contributed by atoms with Crippen LogP contribution in [0, 0.1) is 34.5 Å². The molecule has 4 heteroatoms. The molecule has 0 aromatic carbocycles. The Morgan fingerprint density at radius 2 is 1.72 bits per heavy atom. The van der Waals surface area contributed by atoms with Crippen LogP contribution in [0.15, 0.2) is 12.2 Å². The predicted octanol–water partition coefficient (Wildman–Crippen LogP) is 4.30. The van der Waals surface area contributed by atoms with E-state index in [2.05, 4.69) is 44.0 Å². The molecule has 5 rings (SSSR count). The monoisotopic (exact) mass is 398 g/mol. The zero-order chi connectivity index (χ0) is 20.6. The summed E-state index contributed by atoms with van der Waals surface area (Å²) in [5.74, 6) is 2.73. The van der Waals surface area contributed by atoms with Crippen molar-refractivity contribution in [1.29, 1.82) is 0 Å². The Kier molecular flexibility index (Phi) is 4.46. The molecule has 0 aromatic rings. The topological polar surface area (TPSA) is 49.4 Å². The van der Waals surface area contributed by atoms with Crippen LogP contribution >= 0.6 is 0 Å². The summed E-state index contributed by atoms with van der Waals surface area (Å²) in [7, 11) is 0. The maximum Gasteiger partial charge on any atom is 0.243 e. The van der Waals surface area contributed by atoms with Crippen LogP contribution in [0.5, 0.6) is 0 Å². The molecule has 2 heterocycles. The molecule has 4 unspecified atom stereocenters. The van der Waals surface area contributed by atoms with E-state index in [1.807, 2.05) is 0 Å². The van der Waals surface area contributed by atoms with Crippen molar-refractivity contribution in [3.8, 4) is 0 Å². The fourth-order valence-electron chi connectivity index (χ4n) is 8.55. The number of fused-ring (bicyclic) bond motifs is 5. The van der Waals surface area contributed by atoms with Gasteiger partial charge in [0.15, 0.2) is 0 Å². The van der Waals surface area contributed by atoms with Gasteiger partial charge in [0.05, 0.1) is 0 Å². The second-order valence-electron chi connectivity index (χ2n) is 11.4. The summed E-state index contributed by atoms with van der Waals surface area (Å²) in [4.78, 5) is 27.8. The minimum atomic E-state index is 0.0759. The maximum absolute atomic E-state index is 13.7. The van der Waals surface area contributed by atoms with E-state index in [1.54, 1.807) is 6.08 Å². The summed E-state index contributed by atoms with van der Waals surface area (Å²) >= 11 is 0. The number of likely N-dealkylation sites (tertiary alicyclic amines) is 1. The van der Waals surface area contributed by atoms with Crippen molar-refractivity contribution in [1.82, 2.24) is 10.2 Å². The van der Waals surface area contributed by atoms with Crippen LogP contribution in [0.1, 0.15) is 79.1 Å². The van der Waals surface area contributed by atoms with Crippen molar-refractivity contribution in [2.45, 2.75) is 97.2 Å². The largest absolute Gasteiger partial charge is 0.349 e. The Labute approximate surface area is 175 Å². The SMILES string of the molecule is CC1CCC(C)N1C(=O)C1CC[C@H]2[C@@H]3CCC4NC(=O)C=C[C@]4(C)[C@@H]3CC[C@]12C. The minimum Gasteiger partial charge on any atom is -0.349 e. The van der Waals surface area contributed by atoms with E-state index in [0.29, 0.717) is 35.7 Å². The maximum atomic E-state index is 13.7. The van der Waals surface area contributed by atoms with Crippen LogP contribution < -0.4 is 5.32 Å². The Bertz CT molecular complexity index is 737. The van der Waals surface area contributed by atoms with Gasteiger partial charge in [-0.15, -0.1) is 0 Å². The molecule has 160 valence electrons. The molecule has 9 atom stereocenters. The molecule has 0 aromatic heterocycles. The Balaban J connectivity index is 1.41. The Morgan fingerprint density at radius 1 is 1.00 bits per heavy atom. The van der Waals surface area contributed by atoms with Crippen LogP contribution in [0.25, 0.3) is 0 Å². The second-order valence-corrected chi connectivity index (χ2v) is 11.4. The normalized spacial score (nSPS) is 51.2. The molecule has 4 fully saturated rings. The number of hydrogen-bond acceptors (Lipinski definition) is 2. The average molecular weight is 399 g/mol. The number of hydrogen-bond donors (Lipinski definition) is 1. The lowest BCUT2D eigenvalue weighted by Gasteiger charge is -2.58. The standard InChI is InChI=1S/C25H38N2O2/c1-15-5-6-16(2)27(15)23(29)20-9-8-18-17-7-10-21-25(4,14-12-22(28)26-21)19(17)11-13-24(18,20)3/h12,14-21H,5-11,13H2,1-4H3,(H,26,28)/t15?,16?,17-,18-,19+,20?,21?,24-,25+/m0/s1. The summed E-state index contributed by atoms with van der Waals surface area (Å²) in [5, 5.41) is 3.25. The molecule has 29 heavy (non-hydrogen) atoms. The lowest BCUT2D eigenvalue weighted by molar-refractivity contribution is -0.146. The summed E-state index contributed by atoms with van der Waals surface area (Å²) in [6.07, 6.45) is 13.2. The predicted molar refractivity (Wildman–Crippen MR) is 114 cm³/mol. The quantitative estimate of drug-likeness (QED) is 0.716. The van der Waals surface area contributed by atoms with E-state index < -0.39 is 0 Å². The van der Waals surface area contributed by atoms with Gasteiger partial charge in [-0.25, -0.2) is 0 Å². The molecular weight excluding hydrogens is 360 g/mol. The minimum absolute atomic E-state index is 0.0759. The molecular formula is C25H38N2O2. The molecule has 2 aliphatic heterocycles. The molecule has 1 N–H and O–H groups in total. The molecule has 3 saturated carbocycles. The highest BCUT2D eigenvalue weighted by Crippen LogP contribution is 2.65. The molecule has 2 amide bonds. The van der Waals surface area contributed by atoms with Crippen molar-refractivity contribution in [3.05, 3.63) is 12.2 Å².